The molecule has 5 heteroatoms. The molecule has 0 saturated carbocycles. The summed E-state index contributed by atoms with van der Waals surface area (Å²) in [6.45, 7) is 8.00. The fraction of sp³-hybridized carbons (Fsp3) is 0.342. The van der Waals surface area contributed by atoms with Crippen molar-refractivity contribution in [1.29, 1.82) is 0 Å². The van der Waals surface area contributed by atoms with Gasteiger partial charge < -0.3 is 14.2 Å². The molecule has 2 unspecified atom stereocenters. The summed E-state index contributed by atoms with van der Waals surface area (Å²) in [5.41, 5.74) is 10.4. The van der Waals surface area contributed by atoms with Crippen molar-refractivity contribution in [2.45, 2.75) is 52.2 Å². The normalized spacial score (nSPS) is 14.9. The highest BCUT2D eigenvalue weighted by molar-refractivity contribution is 5.75. The Balaban J connectivity index is 1.31. The molecule has 0 fully saturated rings. The Morgan fingerprint density at radius 3 is 2.35 bits per heavy atom. The van der Waals surface area contributed by atoms with Gasteiger partial charge in [-0.25, -0.2) is 4.79 Å². The lowest BCUT2D eigenvalue weighted by molar-refractivity contribution is -0.156. The number of ether oxygens (including phenoxy) is 3. The van der Waals surface area contributed by atoms with Gasteiger partial charge in [-0.15, -0.1) is 0 Å². The summed E-state index contributed by atoms with van der Waals surface area (Å²) >= 11 is 0. The van der Waals surface area contributed by atoms with Crippen LogP contribution in [0.1, 0.15) is 53.3 Å². The lowest BCUT2D eigenvalue weighted by Gasteiger charge is -2.31. The number of hydrogen-bond donors (Lipinski definition) is 0. The summed E-state index contributed by atoms with van der Waals surface area (Å²) < 4.78 is 17.0. The zero-order valence-corrected chi connectivity index (χ0v) is 25.8. The first-order valence-corrected chi connectivity index (χ1v) is 15.4. The molecule has 43 heavy (non-hydrogen) atoms. The van der Waals surface area contributed by atoms with Crippen molar-refractivity contribution in [1.82, 2.24) is 4.90 Å². The minimum Gasteiger partial charge on any atom is -0.492 e. The van der Waals surface area contributed by atoms with Crippen LogP contribution in [-0.4, -0.2) is 50.4 Å². The minimum atomic E-state index is -0.595. The van der Waals surface area contributed by atoms with E-state index < -0.39 is 6.10 Å². The number of benzene rings is 4. The highest BCUT2D eigenvalue weighted by atomic mass is 16.6. The van der Waals surface area contributed by atoms with E-state index in [1.165, 1.54) is 38.9 Å². The lowest BCUT2D eigenvalue weighted by atomic mass is 9.90. The third-order valence-electron chi connectivity index (χ3n) is 8.22. The van der Waals surface area contributed by atoms with Crippen LogP contribution < -0.4 is 4.74 Å². The van der Waals surface area contributed by atoms with E-state index in [0.29, 0.717) is 26.2 Å². The number of nitrogens with zero attached hydrogens (tertiary/aromatic N) is 1. The summed E-state index contributed by atoms with van der Waals surface area (Å²) in [6.07, 6.45) is 1.96. The fourth-order valence-corrected chi connectivity index (χ4v) is 6.04. The van der Waals surface area contributed by atoms with Crippen LogP contribution in [0, 0.1) is 6.92 Å². The van der Waals surface area contributed by atoms with Crippen molar-refractivity contribution < 1.29 is 19.0 Å². The predicted octanol–water partition coefficient (Wildman–Crippen LogP) is 7.37. The monoisotopic (exact) mass is 577 g/mol. The molecule has 0 heterocycles. The van der Waals surface area contributed by atoms with Gasteiger partial charge in [0.15, 0.2) is 6.10 Å². The van der Waals surface area contributed by atoms with Gasteiger partial charge >= 0.3 is 5.97 Å². The molecule has 1 aliphatic rings. The summed E-state index contributed by atoms with van der Waals surface area (Å²) in [6, 6.07) is 32.6. The highest BCUT2D eigenvalue weighted by Crippen LogP contribution is 2.38. The zero-order chi connectivity index (χ0) is 30.2. The molecule has 5 nitrogen and oxygen atoms in total. The van der Waals surface area contributed by atoms with Crippen LogP contribution in [0.25, 0.3) is 11.1 Å². The maximum atomic E-state index is 12.2. The van der Waals surface area contributed by atoms with Crippen molar-refractivity contribution in [3.8, 4) is 16.9 Å². The van der Waals surface area contributed by atoms with Gasteiger partial charge in [0, 0.05) is 19.6 Å². The van der Waals surface area contributed by atoms with E-state index in [1.807, 2.05) is 31.2 Å². The highest BCUT2D eigenvalue weighted by Gasteiger charge is 2.27. The van der Waals surface area contributed by atoms with Crippen LogP contribution in [0.4, 0.5) is 0 Å². The maximum Gasteiger partial charge on any atom is 0.335 e. The van der Waals surface area contributed by atoms with Crippen LogP contribution in [0.15, 0.2) is 91.0 Å². The number of aryl methyl sites for hydroxylation is 3. The van der Waals surface area contributed by atoms with E-state index >= 15 is 0 Å². The van der Waals surface area contributed by atoms with Gasteiger partial charge in [-0.1, -0.05) is 78.4 Å². The summed E-state index contributed by atoms with van der Waals surface area (Å²) in [5, 5.41) is 0. The van der Waals surface area contributed by atoms with Crippen molar-refractivity contribution in [2.75, 3.05) is 33.4 Å². The molecular formula is C38H43NO4. The summed E-state index contributed by atoms with van der Waals surface area (Å²) in [5.74, 6) is 0.491. The molecule has 0 bridgehead atoms. The predicted molar refractivity (Wildman–Crippen MR) is 173 cm³/mol. The number of esters is 1. The van der Waals surface area contributed by atoms with E-state index in [2.05, 4.69) is 85.6 Å². The summed E-state index contributed by atoms with van der Waals surface area (Å²) in [7, 11) is 2.20. The largest absolute Gasteiger partial charge is 0.492 e. The molecule has 1 aliphatic carbocycles. The minimum absolute atomic E-state index is 0.140. The molecule has 0 aromatic heterocycles. The van der Waals surface area contributed by atoms with Gasteiger partial charge in [0.05, 0.1) is 12.6 Å². The fourth-order valence-electron chi connectivity index (χ4n) is 6.04. The maximum absolute atomic E-state index is 12.2. The molecule has 5 rings (SSSR count). The van der Waals surface area contributed by atoms with Crippen molar-refractivity contribution >= 4 is 5.97 Å². The Morgan fingerprint density at radius 1 is 0.837 bits per heavy atom. The number of carbonyl (C=O) groups excluding carboxylic acids is 1. The van der Waals surface area contributed by atoms with Crippen LogP contribution in [-0.2, 0) is 33.5 Å². The van der Waals surface area contributed by atoms with Gasteiger partial charge in [0.25, 0.3) is 0 Å². The van der Waals surface area contributed by atoms with Crippen LogP contribution in [0.2, 0.25) is 0 Å². The SMILES string of the molecule is CCOC(=O)C(Cc1ccc(OCCN(C)C2c3ccc(C)cc3CCc3ccc(-c4ccccc4)cc32)cc1)OCC. The Kier molecular flexibility index (Phi) is 10.3. The molecule has 0 radical (unpaired) electrons. The van der Waals surface area contributed by atoms with E-state index in [9.17, 15) is 4.79 Å². The van der Waals surface area contributed by atoms with Gasteiger partial charge in [0.2, 0.25) is 0 Å². The molecule has 4 aromatic carbocycles. The quantitative estimate of drug-likeness (QED) is 0.165. The second-order valence-electron chi connectivity index (χ2n) is 11.3. The molecule has 0 saturated heterocycles. The molecule has 2 atom stereocenters. The molecule has 4 aromatic rings. The van der Waals surface area contributed by atoms with Crippen LogP contribution >= 0.6 is 0 Å². The second-order valence-corrected chi connectivity index (χ2v) is 11.3. The van der Waals surface area contributed by atoms with Crippen LogP contribution in [0.3, 0.4) is 0 Å². The lowest BCUT2D eigenvalue weighted by Crippen LogP contribution is -2.30. The van der Waals surface area contributed by atoms with Gasteiger partial charge in [-0.3, -0.25) is 4.90 Å². The number of rotatable bonds is 12. The first kappa shape index (κ1) is 30.5. The number of likely N-dealkylation sites (N-methyl/N-ethyl adjacent to an activating group) is 1. The molecule has 224 valence electrons. The second kappa shape index (κ2) is 14.5. The Labute approximate surface area is 256 Å². The van der Waals surface area contributed by atoms with E-state index in [-0.39, 0.29) is 12.0 Å². The van der Waals surface area contributed by atoms with E-state index in [1.54, 1.807) is 6.92 Å². The van der Waals surface area contributed by atoms with Crippen molar-refractivity contribution in [3.63, 3.8) is 0 Å². The molecule has 0 amide bonds. The Morgan fingerprint density at radius 2 is 1.60 bits per heavy atom. The molecule has 0 aliphatic heterocycles. The topological polar surface area (TPSA) is 48.0 Å². The third kappa shape index (κ3) is 7.54. The van der Waals surface area contributed by atoms with Gasteiger partial charge in [-0.2, -0.15) is 0 Å². The average Bonchev–Trinajstić information content (AvgIpc) is 3.18. The molecular weight excluding hydrogens is 534 g/mol. The van der Waals surface area contributed by atoms with E-state index in [4.69, 9.17) is 14.2 Å². The van der Waals surface area contributed by atoms with Crippen LogP contribution in [0.5, 0.6) is 5.75 Å². The van der Waals surface area contributed by atoms with Crippen molar-refractivity contribution in [3.05, 3.63) is 124 Å². The molecule has 0 N–H and O–H groups in total. The third-order valence-corrected chi connectivity index (χ3v) is 8.22. The Hall–Kier alpha value is -3.93. The first-order chi connectivity index (χ1) is 21.0. The van der Waals surface area contributed by atoms with Gasteiger partial charge in [0.1, 0.15) is 12.4 Å². The first-order valence-electron chi connectivity index (χ1n) is 15.4. The number of fused-ring (bicyclic) bond motifs is 2. The van der Waals surface area contributed by atoms with Crippen molar-refractivity contribution in [2.24, 2.45) is 0 Å². The average molecular weight is 578 g/mol. The standard InChI is InChI=1S/C38H43NO4/c1-5-41-36(38(40)42-6-2)25-28-13-19-33(20-14-28)43-23-22-39(4)37-34-21-12-27(3)24-32(34)18-16-30-15-17-31(26-35(30)37)29-10-8-7-9-11-29/h7-15,17,19-21,24,26,36-37H,5-6,16,18,22-23,25H2,1-4H3. The smallest absolute Gasteiger partial charge is 0.335 e. The van der Waals surface area contributed by atoms with Gasteiger partial charge in [-0.05, 0) is 97.8 Å². The molecule has 0 spiro atoms. The number of hydrogen-bond acceptors (Lipinski definition) is 5. The number of carbonyl (C=O) groups is 1. The zero-order valence-electron chi connectivity index (χ0n) is 25.8. The Bertz CT molecular complexity index is 1500. The summed E-state index contributed by atoms with van der Waals surface area (Å²) in [4.78, 5) is 14.7. The van der Waals surface area contributed by atoms with E-state index in [0.717, 1.165) is 30.7 Å².